The molecule has 11 atom stereocenters. The van der Waals surface area contributed by atoms with E-state index in [0.717, 1.165) is 4.90 Å². The molecule has 4 aromatic carbocycles. The molecule has 0 radical (unpaired) electrons. The number of methoxy groups -OCH3 is 1. The van der Waals surface area contributed by atoms with Crippen molar-refractivity contribution in [3.63, 3.8) is 0 Å². The number of fused-ring (bicyclic) bond motifs is 2. The summed E-state index contributed by atoms with van der Waals surface area (Å²) in [5, 5.41) is 63.3. The number of piperidine rings is 1. The van der Waals surface area contributed by atoms with Crippen LogP contribution in [0.5, 0.6) is 11.5 Å². The molecule has 12 N–H and O–H groups in total. The van der Waals surface area contributed by atoms with E-state index in [1.165, 1.54) is 77.5 Å². The molecule has 0 unspecified atom stereocenters. The van der Waals surface area contributed by atoms with Gasteiger partial charge in [-0.2, -0.15) is 0 Å². The molecule has 31 heteroatoms. The lowest BCUT2D eigenvalue weighted by molar-refractivity contribution is -0.160. The van der Waals surface area contributed by atoms with Gasteiger partial charge < -0.3 is 91.1 Å². The largest absolute Gasteiger partial charge is 0.507 e. The number of ether oxygens (including phenoxy) is 5. The Labute approximate surface area is 622 Å². The van der Waals surface area contributed by atoms with Gasteiger partial charge in [-0.25, -0.2) is 14.6 Å². The monoisotopic (exact) mass is 1500 g/mol. The van der Waals surface area contributed by atoms with Crippen molar-refractivity contribution in [1.82, 2.24) is 31.2 Å². The number of nitrogens with two attached hydrogens (primary N) is 1. The van der Waals surface area contributed by atoms with Crippen molar-refractivity contribution in [2.45, 2.75) is 176 Å². The summed E-state index contributed by atoms with van der Waals surface area (Å²) in [4.78, 5) is 153. The molecule has 580 valence electrons. The van der Waals surface area contributed by atoms with Crippen LogP contribution in [0.2, 0.25) is 0 Å². The highest BCUT2D eigenvalue weighted by atomic mass is 16.7. The van der Waals surface area contributed by atoms with E-state index in [2.05, 4.69) is 31.9 Å². The number of allylic oxidation sites excluding steroid dienone is 2. The average Bonchev–Trinajstić information content (AvgIpc) is 1.39. The summed E-state index contributed by atoms with van der Waals surface area (Å²) in [5.74, 6) is -10.3. The minimum atomic E-state index is -2.07. The van der Waals surface area contributed by atoms with Crippen molar-refractivity contribution in [2.24, 2.45) is 35.3 Å². The molecule has 0 saturated carbocycles. The lowest BCUT2D eigenvalue weighted by Gasteiger charge is -2.38. The molecule has 9 rings (SSSR count). The molecular weight excluding hydrogens is 1400 g/mol. The van der Waals surface area contributed by atoms with Gasteiger partial charge in [0.1, 0.15) is 47.5 Å². The summed E-state index contributed by atoms with van der Waals surface area (Å²) in [6.45, 7) is 16.7. The number of nitrogens with one attached hydrogen (secondary N) is 6. The highest BCUT2D eigenvalue weighted by Crippen LogP contribution is 2.43. The molecule has 5 heterocycles. The topological polar surface area (TPSA) is 446 Å². The van der Waals surface area contributed by atoms with Crippen LogP contribution in [0, 0.1) is 36.5 Å². The highest BCUT2D eigenvalue weighted by molar-refractivity contribution is 6.17. The number of imide groups is 1. The van der Waals surface area contributed by atoms with Gasteiger partial charge in [0, 0.05) is 135 Å². The number of unbranched alkanes of at least 4 members (excludes halogenated alkanes) is 2. The van der Waals surface area contributed by atoms with Crippen molar-refractivity contribution < 1.29 is 91.7 Å². The maximum Gasteiger partial charge on any atom is 0.407 e. The number of aromatic nitrogens is 1. The normalized spacial score (nSPS) is 23.2. The van der Waals surface area contributed by atoms with E-state index in [9.17, 15) is 68.4 Å². The number of aliphatic hydroxyl groups excluding tert-OH is 3. The van der Waals surface area contributed by atoms with E-state index in [1.54, 1.807) is 78.0 Å². The number of phenolic OH excluding ortho intramolecular Hbond substituents is 1. The Kier molecular flexibility index (Phi) is 26.5. The molecule has 4 bridgehead atoms. The third-order valence-electron chi connectivity index (χ3n) is 20.2. The van der Waals surface area contributed by atoms with Gasteiger partial charge in [0.2, 0.25) is 28.6 Å². The van der Waals surface area contributed by atoms with Crippen molar-refractivity contribution >= 4 is 109 Å². The van der Waals surface area contributed by atoms with Crippen molar-refractivity contribution in [1.29, 1.82) is 0 Å². The average molecular weight is 1500 g/mol. The standard InChI is InChI=1S/C77H96N10O21/c1-38(2)60(83-54(90)20-13-12-14-31-87-55(91)25-26-56(87)92)74(100)82-50(19-16-30-79-75(78)101)73(99)80-47-23-21-46(22-24-47)37-104-76(102)81-48-27-32-86(33-28-48)49-35-51(89)61-53(36-49)107-70-62(84-61)57-58-66(95)44(8)69-59(57)71(97)77(10,108-69)105-34-29-52(103-11)41(5)68(106-45(9)88)43(7)65(94)42(6)64(93)39(3)17-15-18-40(4)72(98)85-63(70)67(58)96/h15,17-18,21-26,29,34-36,38-39,41-43,48,50,52,60,64-65,68,93-95,97H,12-14,16,19-20,27-28,30-33,37H2,1-11H3,(H,80,99)(H,81,102)(H,82,100)(H,83,90)(H,85,98)(H3,78,79,101)/b17-15?,34-29?,40-18-/t39-,41+,42+,43+,50-,52-,60-,64-,65+,68+,77-/m0/s1. The number of aromatic hydroxyl groups is 1. The molecule has 1 aromatic heterocycles. The Morgan fingerprint density at radius 2 is 1.54 bits per heavy atom. The van der Waals surface area contributed by atoms with Gasteiger partial charge >= 0.3 is 23.9 Å². The third kappa shape index (κ3) is 18.7. The Bertz CT molecular complexity index is 4590. The number of anilines is 3. The van der Waals surface area contributed by atoms with Crippen LogP contribution in [-0.4, -0.2) is 165 Å². The zero-order valence-electron chi connectivity index (χ0n) is 62.3. The SMILES string of the molecule is CO[C@H]1C=CO[C@@]2(C)Oc3c(C)c(O)c4c(=O)c(c5oc6cc(N7CCC(NC(=O)OCc8ccc(NC(=O)[C@H](CCCNC(N)=O)NC(=O)[C@@H](NC(=O)CCCCCN9C(=O)C=CC9=O)C(C)C)cc8)CC7)cc(=O)c6nc5c4c3=C2O)NC(=O)/C(C)=C\C=C[C@H](C)[C@H](O)[C@@H](C)[C@@H](O)[C@@H](C)[C@H](OC(C)=O)[C@@H]1C. The molecule has 108 heavy (non-hydrogen) atoms. The lowest BCUT2D eigenvalue weighted by Crippen LogP contribution is -2.54. The number of primary amides is 1. The number of hydrogen-bond donors (Lipinski definition) is 11. The molecule has 5 aromatic rings. The molecule has 1 saturated heterocycles. The summed E-state index contributed by atoms with van der Waals surface area (Å²) in [6.07, 6.45) is 7.51. The van der Waals surface area contributed by atoms with Crippen LogP contribution >= 0.6 is 0 Å². The van der Waals surface area contributed by atoms with Crippen LogP contribution in [0.25, 0.3) is 38.7 Å². The molecular formula is C77H96N10O21. The zero-order chi connectivity index (χ0) is 78.7. The van der Waals surface area contributed by atoms with Gasteiger partial charge in [-0.05, 0) is 82.1 Å². The second-order valence-electron chi connectivity index (χ2n) is 28.5. The zero-order valence-corrected chi connectivity index (χ0v) is 62.3. The van der Waals surface area contributed by atoms with Gasteiger partial charge in [0.25, 0.3) is 17.7 Å². The number of nitrogens with zero attached hydrogens (tertiary/aromatic N) is 3. The number of rotatable bonds is 22. The smallest absolute Gasteiger partial charge is 0.407 e. The van der Waals surface area contributed by atoms with E-state index < -0.39 is 141 Å². The number of alkyl carbamates (subject to hydrolysis) is 1. The van der Waals surface area contributed by atoms with Crippen LogP contribution in [0.1, 0.15) is 125 Å². The fourth-order valence-electron chi connectivity index (χ4n) is 13.8. The Morgan fingerprint density at radius 1 is 0.843 bits per heavy atom. The molecule has 0 aliphatic carbocycles. The number of phenols is 1. The Morgan fingerprint density at radius 3 is 2.19 bits per heavy atom. The van der Waals surface area contributed by atoms with Crippen molar-refractivity contribution in [3.8, 4) is 11.5 Å². The van der Waals surface area contributed by atoms with Crippen molar-refractivity contribution in [3.05, 3.63) is 121 Å². The maximum absolute atomic E-state index is 15.2. The van der Waals surface area contributed by atoms with Crippen LogP contribution < -0.4 is 63.3 Å². The molecule has 4 aliphatic rings. The summed E-state index contributed by atoms with van der Waals surface area (Å²) >= 11 is 0. The van der Waals surface area contributed by atoms with Gasteiger partial charge in [-0.1, -0.05) is 78.3 Å². The first-order valence-corrected chi connectivity index (χ1v) is 36.1. The number of carbonyl (C=O) groups is 9. The van der Waals surface area contributed by atoms with Crippen LogP contribution in [0.3, 0.4) is 0 Å². The van der Waals surface area contributed by atoms with Gasteiger partial charge in [-0.3, -0.25) is 48.1 Å². The third-order valence-corrected chi connectivity index (χ3v) is 20.2. The predicted molar refractivity (Wildman–Crippen MR) is 398 cm³/mol. The number of amides is 9. The number of aliphatic hydroxyl groups is 3. The van der Waals surface area contributed by atoms with Gasteiger partial charge in [0.15, 0.2) is 22.4 Å². The van der Waals surface area contributed by atoms with Gasteiger partial charge in [0.05, 0.1) is 35.2 Å². The Balaban J connectivity index is 0.891. The fraction of sp³-hybridized carbons (Fsp3) is 0.481. The summed E-state index contributed by atoms with van der Waals surface area (Å²) in [5.41, 5.74) is 3.65. The minimum absolute atomic E-state index is 0.00989. The highest BCUT2D eigenvalue weighted by Gasteiger charge is 2.45. The van der Waals surface area contributed by atoms with Gasteiger partial charge in [-0.15, -0.1) is 0 Å². The summed E-state index contributed by atoms with van der Waals surface area (Å²) in [7, 11) is 1.42. The molecule has 4 aliphatic heterocycles. The first-order valence-electron chi connectivity index (χ1n) is 36.1. The second-order valence-corrected chi connectivity index (χ2v) is 28.5. The predicted octanol–water partition coefficient (Wildman–Crippen LogP) is 5.95. The van der Waals surface area contributed by atoms with Crippen LogP contribution in [0.15, 0.2) is 98.7 Å². The second kappa shape index (κ2) is 35.2. The first kappa shape index (κ1) is 81.2. The molecule has 9 amide bonds. The van der Waals surface area contributed by atoms with Crippen LogP contribution in [0.4, 0.5) is 26.7 Å². The molecule has 31 nitrogen and oxygen atoms in total. The van der Waals surface area contributed by atoms with E-state index in [4.69, 9.17) is 38.8 Å². The summed E-state index contributed by atoms with van der Waals surface area (Å²) < 4.78 is 36.3. The van der Waals surface area contributed by atoms with E-state index >= 15 is 4.79 Å². The molecule has 0 spiro atoms. The number of esters is 1. The van der Waals surface area contributed by atoms with E-state index in [1.807, 2.05) is 4.90 Å². The number of urea groups is 1. The maximum atomic E-state index is 15.2. The summed E-state index contributed by atoms with van der Waals surface area (Å²) in [6, 6.07) is 6.08. The minimum Gasteiger partial charge on any atom is -0.507 e. The van der Waals surface area contributed by atoms with Crippen LogP contribution in [-0.2, 0) is 59.1 Å². The fourth-order valence-corrected chi connectivity index (χ4v) is 13.8. The lowest BCUT2D eigenvalue weighted by atomic mass is 9.78. The quantitative estimate of drug-likeness (QED) is 0.0125. The number of carbonyl (C=O) groups excluding carboxylic acids is 9. The van der Waals surface area contributed by atoms with E-state index in [-0.39, 0.29) is 112 Å². The number of hydrogen-bond acceptors (Lipinski definition) is 23. The number of benzene rings is 4. The van der Waals surface area contributed by atoms with Crippen molar-refractivity contribution in [2.75, 3.05) is 48.8 Å². The Hall–Kier alpha value is -10.9. The molecule has 1 fully saturated rings. The first-order chi connectivity index (χ1) is 51.2. The van der Waals surface area contributed by atoms with E-state index in [0.29, 0.717) is 62.1 Å².